The van der Waals surface area contributed by atoms with Crippen LogP contribution in [-0.4, -0.2) is 23.6 Å². The van der Waals surface area contributed by atoms with E-state index in [0.717, 1.165) is 6.42 Å². The van der Waals surface area contributed by atoms with Gasteiger partial charge in [-0.05, 0) is 32.4 Å². The number of benzene rings is 1. The maximum absolute atomic E-state index is 12.0. The molecular weight excluding hydrogens is 258 g/mol. The second-order valence-corrected chi connectivity index (χ2v) is 4.35. The monoisotopic (exact) mass is 277 g/mol. The number of carbonyl (C=O) groups is 2. The summed E-state index contributed by atoms with van der Waals surface area (Å²) in [6.07, 6.45) is 0.860. The number of hydrogen-bond acceptors (Lipinski definition) is 3. The highest BCUT2D eigenvalue weighted by Gasteiger charge is 2.14. The van der Waals surface area contributed by atoms with E-state index in [1.807, 2.05) is 13.0 Å². The van der Waals surface area contributed by atoms with Crippen LogP contribution in [-0.2, 0) is 9.59 Å². The van der Waals surface area contributed by atoms with Crippen LogP contribution in [0.25, 0.3) is 0 Å². The van der Waals surface area contributed by atoms with E-state index in [2.05, 4.69) is 5.32 Å². The van der Waals surface area contributed by atoms with E-state index in [0.29, 0.717) is 18.0 Å². The number of aliphatic carboxylic acids is 1. The number of anilines is 1. The topological polar surface area (TPSA) is 75.6 Å². The van der Waals surface area contributed by atoms with Gasteiger partial charge in [0.15, 0.2) is 0 Å². The van der Waals surface area contributed by atoms with Gasteiger partial charge in [-0.15, -0.1) is 0 Å². The molecule has 2 N–H and O–H groups in total. The van der Waals surface area contributed by atoms with Crippen LogP contribution >= 0.6 is 0 Å². The van der Waals surface area contributed by atoms with E-state index >= 15 is 0 Å². The molecule has 0 bridgehead atoms. The first-order valence-electron chi connectivity index (χ1n) is 6.41. The second-order valence-electron chi connectivity index (χ2n) is 4.35. The number of carboxylic acid groups (broad SMARTS) is 1. The molecule has 0 radical (unpaired) electrons. The molecule has 0 aliphatic heterocycles. The van der Waals surface area contributed by atoms with E-state index in [1.54, 1.807) is 18.2 Å². The third kappa shape index (κ3) is 4.12. The minimum Gasteiger partial charge on any atom is -0.491 e. The van der Waals surface area contributed by atoms with Gasteiger partial charge < -0.3 is 15.2 Å². The van der Waals surface area contributed by atoms with Crippen molar-refractivity contribution in [3.63, 3.8) is 0 Å². The van der Waals surface area contributed by atoms with Crippen molar-refractivity contribution in [1.82, 2.24) is 0 Å². The fourth-order valence-electron chi connectivity index (χ4n) is 1.45. The Morgan fingerprint density at radius 1 is 1.20 bits per heavy atom. The van der Waals surface area contributed by atoms with Gasteiger partial charge in [-0.2, -0.15) is 0 Å². The molecule has 0 saturated heterocycles. The van der Waals surface area contributed by atoms with Crippen molar-refractivity contribution in [2.45, 2.75) is 27.2 Å². The first-order valence-corrected chi connectivity index (χ1v) is 6.41. The van der Waals surface area contributed by atoms with Crippen molar-refractivity contribution in [2.24, 2.45) is 0 Å². The molecule has 0 saturated carbocycles. The predicted octanol–water partition coefficient (Wildman–Crippen LogP) is 2.83. The van der Waals surface area contributed by atoms with Gasteiger partial charge in [0, 0.05) is 11.1 Å². The molecule has 0 unspecified atom stereocenters. The van der Waals surface area contributed by atoms with Gasteiger partial charge in [0.1, 0.15) is 5.75 Å². The number of carbonyl (C=O) groups excluding carboxylic acids is 1. The molecule has 0 spiro atoms. The van der Waals surface area contributed by atoms with E-state index in [9.17, 15) is 9.59 Å². The van der Waals surface area contributed by atoms with Crippen molar-refractivity contribution in [3.05, 3.63) is 35.4 Å². The number of para-hydroxylation sites is 2. The zero-order valence-corrected chi connectivity index (χ0v) is 11.9. The Labute approximate surface area is 118 Å². The molecule has 0 fully saturated rings. The molecule has 0 heterocycles. The Kier molecular flexibility index (Phi) is 5.77. The summed E-state index contributed by atoms with van der Waals surface area (Å²) in [5.74, 6) is -0.978. The van der Waals surface area contributed by atoms with Crippen molar-refractivity contribution in [2.75, 3.05) is 11.9 Å². The third-order valence-electron chi connectivity index (χ3n) is 2.82. The fourth-order valence-corrected chi connectivity index (χ4v) is 1.45. The van der Waals surface area contributed by atoms with E-state index in [1.165, 1.54) is 13.8 Å². The van der Waals surface area contributed by atoms with Crippen molar-refractivity contribution in [1.29, 1.82) is 0 Å². The summed E-state index contributed by atoms with van der Waals surface area (Å²) in [7, 11) is 0. The zero-order valence-electron chi connectivity index (χ0n) is 11.9. The first kappa shape index (κ1) is 15.8. The highest BCUT2D eigenvalue weighted by atomic mass is 16.5. The predicted molar refractivity (Wildman–Crippen MR) is 76.9 cm³/mol. The Hall–Kier alpha value is -2.30. The van der Waals surface area contributed by atoms with E-state index in [4.69, 9.17) is 9.84 Å². The van der Waals surface area contributed by atoms with Crippen LogP contribution in [0.4, 0.5) is 5.69 Å². The van der Waals surface area contributed by atoms with Crippen LogP contribution < -0.4 is 10.1 Å². The number of carboxylic acids is 1. The van der Waals surface area contributed by atoms with E-state index < -0.39 is 11.9 Å². The summed E-state index contributed by atoms with van der Waals surface area (Å²) in [5, 5.41) is 11.5. The molecule has 108 valence electrons. The van der Waals surface area contributed by atoms with Crippen LogP contribution in [0.5, 0.6) is 5.75 Å². The normalized spacial score (nSPS) is 11.6. The average Bonchev–Trinajstić information content (AvgIpc) is 2.44. The Bertz CT molecular complexity index is 534. The van der Waals surface area contributed by atoms with Gasteiger partial charge in [-0.1, -0.05) is 19.1 Å². The lowest BCUT2D eigenvalue weighted by Gasteiger charge is -2.12. The Morgan fingerprint density at radius 3 is 2.45 bits per heavy atom. The maximum Gasteiger partial charge on any atom is 0.331 e. The largest absolute Gasteiger partial charge is 0.491 e. The summed E-state index contributed by atoms with van der Waals surface area (Å²) in [4.78, 5) is 22.8. The Morgan fingerprint density at radius 2 is 1.85 bits per heavy atom. The van der Waals surface area contributed by atoms with Gasteiger partial charge in [0.2, 0.25) is 0 Å². The summed E-state index contributed by atoms with van der Waals surface area (Å²) in [6.45, 7) is 5.42. The maximum atomic E-state index is 12.0. The van der Waals surface area contributed by atoms with Crippen LogP contribution in [0.15, 0.2) is 35.4 Å². The SMILES string of the molecule is CCCOc1ccccc1NC(=O)C(C)=C(C)C(=O)O. The lowest BCUT2D eigenvalue weighted by molar-refractivity contribution is -0.133. The molecule has 1 aromatic rings. The molecule has 1 rings (SSSR count). The number of amides is 1. The highest BCUT2D eigenvalue weighted by Crippen LogP contribution is 2.24. The molecular formula is C15H19NO4. The molecule has 0 aliphatic rings. The third-order valence-corrected chi connectivity index (χ3v) is 2.82. The first-order chi connectivity index (χ1) is 9.47. The minimum atomic E-state index is -1.10. The van der Waals surface area contributed by atoms with Gasteiger partial charge in [-0.25, -0.2) is 4.79 Å². The number of nitrogens with one attached hydrogen (secondary N) is 1. The van der Waals surface area contributed by atoms with Crippen molar-refractivity contribution < 1.29 is 19.4 Å². The quantitative estimate of drug-likeness (QED) is 0.784. The van der Waals surface area contributed by atoms with Crippen LogP contribution in [0, 0.1) is 0 Å². The molecule has 20 heavy (non-hydrogen) atoms. The second kappa shape index (κ2) is 7.33. The summed E-state index contributed by atoms with van der Waals surface area (Å²) in [5.41, 5.74) is 0.723. The summed E-state index contributed by atoms with van der Waals surface area (Å²) >= 11 is 0. The minimum absolute atomic E-state index is 0.0226. The smallest absolute Gasteiger partial charge is 0.331 e. The van der Waals surface area contributed by atoms with Gasteiger partial charge >= 0.3 is 5.97 Å². The lowest BCUT2D eigenvalue weighted by Crippen LogP contribution is -2.17. The molecule has 0 aromatic heterocycles. The van der Waals surface area contributed by atoms with Crippen molar-refractivity contribution in [3.8, 4) is 5.75 Å². The van der Waals surface area contributed by atoms with E-state index in [-0.39, 0.29) is 11.1 Å². The molecule has 0 atom stereocenters. The summed E-state index contributed by atoms with van der Waals surface area (Å²) in [6, 6.07) is 7.06. The summed E-state index contributed by atoms with van der Waals surface area (Å²) < 4.78 is 5.53. The number of rotatable bonds is 6. The fraction of sp³-hybridized carbons (Fsp3) is 0.333. The van der Waals surface area contributed by atoms with Crippen LogP contribution in [0.3, 0.4) is 0 Å². The molecule has 0 aliphatic carbocycles. The van der Waals surface area contributed by atoms with Gasteiger partial charge in [0.05, 0.1) is 12.3 Å². The average molecular weight is 277 g/mol. The molecule has 5 nitrogen and oxygen atoms in total. The van der Waals surface area contributed by atoms with Crippen molar-refractivity contribution >= 4 is 17.6 Å². The lowest BCUT2D eigenvalue weighted by atomic mass is 10.1. The molecule has 1 aromatic carbocycles. The number of hydrogen-bond donors (Lipinski definition) is 2. The molecule has 1 amide bonds. The van der Waals surface area contributed by atoms with Crippen LogP contribution in [0.2, 0.25) is 0 Å². The zero-order chi connectivity index (χ0) is 15.1. The number of ether oxygens (including phenoxy) is 1. The van der Waals surface area contributed by atoms with Gasteiger partial charge in [-0.3, -0.25) is 4.79 Å². The van der Waals surface area contributed by atoms with Gasteiger partial charge in [0.25, 0.3) is 5.91 Å². The Balaban J connectivity index is 2.91. The highest BCUT2D eigenvalue weighted by molar-refractivity contribution is 6.08. The van der Waals surface area contributed by atoms with Crippen LogP contribution in [0.1, 0.15) is 27.2 Å². The molecule has 5 heteroatoms. The standard InChI is InChI=1S/C15H19NO4/c1-4-9-20-13-8-6-5-7-12(13)16-14(17)10(2)11(3)15(18)19/h5-8H,4,9H2,1-3H3,(H,16,17)(H,18,19).